The van der Waals surface area contributed by atoms with E-state index in [0.29, 0.717) is 11.5 Å². The highest BCUT2D eigenvalue weighted by atomic mass is 33.1. The van der Waals surface area contributed by atoms with Crippen molar-refractivity contribution < 1.29 is 23.9 Å². The van der Waals surface area contributed by atoms with Crippen molar-refractivity contribution >= 4 is 39.4 Å². The molecule has 0 aliphatic carbocycles. The molecule has 2 aromatic carbocycles. The predicted molar refractivity (Wildman–Crippen MR) is 124 cm³/mol. The van der Waals surface area contributed by atoms with Crippen LogP contribution in [0.4, 0.5) is 0 Å². The molecule has 0 saturated carbocycles. The van der Waals surface area contributed by atoms with Crippen LogP contribution in [0.15, 0.2) is 48.5 Å². The third-order valence-corrected chi connectivity index (χ3v) is 6.46. The van der Waals surface area contributed by atoms with Crippen LogP contribution in [0, 0.1) is 13.8 Å². The number of benzene rings is 2. The number of aryl methyl sites for hydroxylation is 2. The van der Waals surface area contributed by atoms with Crippen molar-refractivity contribution in [2.24, 2.45) is 5.73 Å². The molecule has 2 atom stereocenters. The fourth-order valence-electron chi connectivity index (χ4n) is 2.31. The second-order valence-corrected chi connectivity index (χ2v) is 9.45. The summed E-state index contributed by atoms with van der Waals surface area (Å²) in [6, 6.07) is 12.5. The highest BCUT2D eigenvalue weighted by Crippen LogP contribution is 2.24. The Kier molecular flexibility index (Phi) is 9.90. The Hall–Kier alpha value is -2.49. The highest BCUT2D eigenvalue weighted by Gasteiger charge is 2.23. The quantitative estimate of drug-likeness (QED) is 0.240. The molecular formula is C22H26N2O5S2. The Balaban J connectivity index is 1.79. The van der Waals surface area contributed by atoms with Crippen LogP contribution in [0.25, 0.3) is 0 Å². The number of ether oxygens (including phenoxy) is 2. The smallest absolute Gasteiger partial charge is 0.334 e. The number of hydrogen-bond donors (Lipinski definition) is 2. The average molecular weight is 463 g/mol. The first-order valence-corrected chi connectivity index (χ1v) is 12.1. The van der Waals surface area contributed by atoms with E-state index >= 15 is 0 Å². The number of esters is 2. The van der Waals surface area contributed by atoms with Crippen molar-refractivity contribution in [1.29, 1.82) is 0 Å². The van der Waals surface area contributed by atoms with Crippen molar-refractivity contribution in [3.63, 3.8) is 0 Å². The van der Waals surface area contributed by atoms with E-state index in [1.54, 1.807) is 24.3 Å². The zero-order chi connectivity index (χ0) is 22.8. The van der Waals surface area contributed by atoms with Crippen molar-refractivity contribution in [2.75, 3.05) is 11.5 Å². The number of rotatable bonds is 10. The topological polar surface area (TPSA) is 108 Å². The highest BCUT2D eigenvalue weighted by molar-refractivity contribution is 8.76. The van der Waals surface area contributed by atoms with E-state index in [9.17, 15) is 14.4 Å². The van der Waals surface area contributed by atoms with Gasteiger partial charge in [0.1, 0.15) is 23.6 Å². The average Bonchev–Trinajstić information content (AvgIpc) is 2.73. The summed E-state index contributed by atoms with van der Waals surface area (Å²) in [5.41, 5.74) is 8.00. The zero-order valence-electron chi connectivity index (χ0n) is 17.6. The molecule has 7 nitrogen and oxygen atoms in total. The SMILES string of the molecule is CC(=O)NC(CSSCC(N)C(=O)Oc1ccc(C)cc1)C(=O)Oc1ccc(C)cc1. The van der Waals surface area contributed by atoms with Crippen LogP contribution in [0.3, 0.4) is 0 Å². The van der Waals surface area contributed by atoms with Gasteiger partial charge in [-0.15, -0.1) is 0 Å². The molecule has 2 aromatic rings. The van der Waals surface area contributed by atoms with E-state index in [-0.39, 0.29) is 17.4 Å². The molecule has 0 bridgehead atoms. The maximum atomic E-state index is 12.4. The monoisotopic (exact) mass is 462 g/mol. The fraction of sp³-hybridized carbons (Fsp3) is 0.318. The number of carbonyl (C=O) groups is 3. The second kappa shape index (κ2) is 12.4. The summed E-state index contributed by atoms with van der Waals surface area (Å²) in [6.45, 7) is 5.21. The first-order chi connectivity index (χ1) is 14.7. The molecule has 31 heavy (non-hydrogen) atoms. The van der Waals surface area contributed by atoms with Gasteiger partial charge in [0.15, 0.2) is 0 Å². The largest absolute Gasteiger partial charge is 0.425 e. The second-order valence-electron chi connectivity index (χ2n) is 6.90. The molecule has 0 radical (unpaired) electrons. The number of nitrogens with one attached hydrogen (secondary N) is 1. The molecule has 0 heterocycles. The number of amides is 1. The molecule has 2 unspecified atom stereocenters. The third kappa shape index (κ3) is 9.04. The lowest BCUT2D eigenvalue weighted by Crippen LogP contribution is -2.43. The molecule has 0 aliphatic heterocycles. The normalized spacial score (nSPS) is 12.5. The lowest BCUT2D eigenvalue weighted by molar-refractivity contribution is -0.138. The van der Waals surface area contributed by atoms with E-state index in [4.69, 9.17) is 15.2 Å². The summed E-state index contributed by atoms with van der Waals surface area (Å²) >= 11 is 0. The summed E-state index contributed by atoms with van der Waals surface area (Å²) in [6.07, 6.45) is 0. The van der Waals surface area contributed by atoms with Crippen LogP contribution >= 0.6 is 21.6 Å². The molecule has 0 saturated heterocycles. The third-order valence-electron chi connectivity index (χ3n) is 4.01. The minimum Gasteiger partial charge on any atom is -0.425 e. The Morgan fingerprint density at radius 2 is 1.29 bits per heavy atom. The molecule has 166 valence electrons. The van der Waals surface area contributed by atoms with Gasteiger partial charge in [-0.3, -0.25) is 4.79 Å². The van der Waals surface area contributed by atoms with Crippen molar-refractivity contribution in [1.82, 2.24) is 5.32 Å². The molecule has 0 aliphatic rings. The first kappa shape index (κ1) is 24.8. The first-order valence-electron chi connectivity index (χ1n) is 9.58. The van der Waals surface area contributed by atoms with E-state index in [2.05, 4.69) is 5.32 Å². The standard InChI is InChI=1S/C22H26N2O5S2/c1-14-4-8-17(9-5-14)28-21(26)19(23)12-30-31-13-20(24-16(3)25)22(27)29-18-10-6-15(2)7-11-18/h4-11,19-20H,12-13,23H2,1-3H3,(H,24,25). The van der Waals surface area contributed by atoms with Gasteiger partial charge in [0, 0.05) is 18.4 Å². The van der Waals surface area contributed by atoms with Crippen LogP contribution in [0.1, 0.15) is 18.1 Å². The molecular weight excluding hydrogens is 436 g/mol. The molecule has 0 fully saturated rings. The maximum absolute atomic E-state index is 12.4. The van der Waals surface area contributed by atoms with Crippen LogP contribution < -0.4 is 20.5 Å². The van der Waals surface area contributed by atoms with Gasteiger partial charge in [-0.05, 0) is 38.1 Å². The van der Waals surface area contributed by atoms with E-state index in [0.717, 1.165) is 11.1 Å². The summed E-state index contributed by atoms with van der Waals surface area (Å²) < 4.78 is 10.6. The molecule has 0 aromatic heterocycles. The van der Waals surface area contributed by atoms with Crippen molar-refractivity contribution in [2.45, 2.75) is 32.9 Å². The van der Waals surface area contributed by atoms with Crippen molar-refractivity contribution in [3.05, 3.63) is 59.7 Å². The number of carbonyl (C=O) groups excluding carboxylic acids is 3. The summed E-state index contributed by atoms with van der Waals surface area (Å²) in [4.78, 5) is 36.0. The predicted octanol–water partition coefficient (Wildman–Crippen LogP) is 3.03. The van der Waals surface area contributed by atoms with Crippen LogP contribution in [0.5, 0.6) is 11.5 Å². The van der Waals surface area contributed by atoms with E-state index in [1.807, 2.05) is 38.1 Å². The van der Waals surface area contributed by atoms with Gasteiger partial charge in [0.05, 0.1) is 0 Å². The minimum absolute atomic E-state index is 0.259. The summed E-state index contributed by atoms with van der Waals surface area (Å²) in [5, 5.41) is 2.59. The zero-order valence-corrected chi connectivity index (χ0v) is 19.3. The Morgan fingerprint density at radius 1 is 0.839 bits per heavy atom. The van der Waals surface area contributed by atoms with Gasteiger partial charge in [0.25, 0.3) is 0 Å². The lowest BCUT2D eigenvalue weighted by Gasteiger charge is -2.16. The minimum atomic E-state index is -0.827. The fourth-order valence-corrected chi connectivity index (χ4v) is 4.57. The van der Waals surface area contributed by atoms with Crippen molar-refractivity contribution in [3.8, 4) is 11.5 Å². The molecule has 2 rings (SSSR count). The molecule has 9 heteroatoms. The molecule has 3 N–H and O–H groups in total. The summed E-state index contributed by atoms with van der Waals surface area (Å²) in [7, 11) is 2.63. The van der Waals surface area contributed by atoms with Crippen LogP contribution in [0.2, 0.25) is 0 Å². The van der Waals surface area contributed by atoms with Gasteiger partial charge in [0.2, 0.25) is 5.91 Å². The van der Waals surface area contributed by atoms with Gasteiger partial charge in [-0.25, -0.2) is 9.59 Å². The van der Waals surface area contributed by atoms with Crippen LogP contribution in [-0.4, -0.2) is 41.4 Å². The van der Waals surface area contributed by atoms with Gasteiger partial charge < -0.3 is 20.5 Å². The lowest BCUT2D eigenvalue weighted by atomic mass is 10.2. The van der Waals surface area contributed by atoms with E-state index in [1.165, 1.54) is 28.5 Å². The number of hydrogen-bond acceptors (Lipinski definition) is 8. The maximum Gasteiger partial charge on any atom is 0.334 e. The van der Waals surface area contributed by atoms with Gasteiger partial charge in [-0.1, -0.05) is 57.0 Å². The summed E-state index contributed by atoms with van der Waals surface area (Å²) in [5.74, 6) is -0.0407. The molecule has 1 amide bonds. The Labute approximate surface area is 189 Å². The Bertz CT molecular complexity index is 888. The van der Waals surface area contributed by atoms with Crippen LogP contribution in [-0.2, 0) is 14.4 Å². The molecule has 0 spiro atoms. The van der Waals surface area contributed by atoms with E-state index < -0.39 is 24.0 Å². The Morgan fingerprint density at radius 3 is 1.77 bits per heavy atom. The van der Waals surface area contributed by atoms with Gasteiger partial charge >= 0.3 is 11.9 Å². The number of nitrogens with two attached hydrogens (primary N) is 1. The van der Waals surface area contributed by atoms with Gasteiger partial charge in [-0.2, -0.15) is 0 Å².